The normalized spacial score (nSPS) is 23.7. The zero-order valence-corrected chi connectivity index (χ0v) is 15.8. The summed E-state index contributed by atoms with van der Waals surface area (Å²) >= 11 is 0. The molecule has 2 unspecified atom stereocenters. The summed E-state index contributed by atoms with van der Waals surface area (Å²) in [6, 6.07) is 2.25. The van der Waals surface area contributed by atoms with Crippen LogP contribution in [-0.2, 0) is 4.79 Å². The summed E-state index contributed by atoms with van der Waals surface area (Å²) in [5.41, 5.74) is -0.227. The fraction of sp³-hybridized carbons (Fsp3) is 0.600. The van der Waals surface area contributed by atoms with Gasteiger partial charge < -0.3 is 10.2 Å². The molecule has 1 N–H and O–H groups in total. The standard InChI is InChI=1S/C20H23F5N2O2/c21-14-4-5-16(17(22)11-14)19(29)27-8-6-12(7-9-27)18(28)26-15-3-1-2-13(10-15)20(23,24)25/h4-5,11-13,15H,1-3,6-10H2,(H,26,28). The number of nitrogens with one attached hydrogen (secondary N) is 1. The Morgan fingerprint density at radius 1 is 1.03 bits per heavy atom. The Morgan fingerprint density at radius 3 is 2.34 bits per heavy atom. The van der Waals surface area contributed by atoms with Gasteiger partial charge in [0, 0.05) is 31.1 Å². The quantitative estimate of drug-likeness (QED) is 0.753. The molecule has 29 heavy (non-hydrogen) atoms. The number of benzene rings is 1. The molecule has 1 heterocycles. The average Bonchev–Trinajstić information content (AvgIpc) is 2.67. The second kappa shape index (κ2) is 8.67. The van der Waals surface area contributed by atoms with Crippen LogP contribution in [0.3, 0.4) is 0 Å². The lowest BCUT2D eigenvalue weighted by Gasteiger charge is -2.34. The Balaban J connectivity index is 1.51. The van der Waals surface area contributed by atoms with Crippen molar-refractivity contribution in [3.63, 3.8) is 0 Å². The van der Waals surface area contributed by atoms with Gasteiger partial charge in [0.05, 0.1) is 11.5 Å². The minimum Gasteiger partial charge on any atom is -0.353 e. The number of nitrogens with zero attached hydrogens (tertiary/aromatic N) is 1. The van der Waals surface area contributed by atoms with Crippen LogP contribution in [0, 0.1) is 23.5 Å². The van der Waals surface area contributed by atoms with E-state index in [0.717, 1.165) is 12.1 Å². The van der Waals surface area contributed by atoms with Gasteiger partial charge >= 0.3 is 6.18 Å². The summed E-state index contributed by atoms with van der Waals surface area (Å²) in [5, 5.41) is 2.74. The average molecular weight is 418 g/mol. The van der Waals surface area contributed by atoms with Gasteiger partial charge in [0.1, 0.15) is 11.6 Å². The summed E-state index contributed by atoms with van der Waals surface area (Å²) in [6.07, 6.45) is -2.62. The first-order valence-electron chi connectivity index (χ1n) is 9.76. The van der Waals surface area contributed by atoms with Gasteiger partial charge in [-0.3, -0.25) is 9.59 Å². The number of hydrogen-bond acceptors (Lipinski definition) is 2. The predicted octanol–water partition coefficient (Wildman–Crippen LogP) is 4.05. The second-order valence-corrected chi connectivity index (χ2v) is 7.80. The molecule has 0 bridgehead atoms. The minimum atomic E-state index is -4.25. The minimum absolute atomic E-state index is 0.0936. The number of hydrogen-bond donors (Lipinski definition) is 1. The van der Waals surface area contributed by atoms with Crippen LogP contribution >= 0.6 is 0 Å². The number of rotatable bonds is 3. The van der Waals surface area contributed by atoms with Crippen LogP contribution in [0.15, 0.2) is 18.2 Å². The van der Waals surface area contributed by atoms with Crippen LogP contribution < -0.4 is 5.32 Å². The van der Waals surface area contributed by atoms with E-state index < -0.39 is 41.6 Å². The lowest BCUT2D eigenvalue weighted by Crippen LogP contribution is -2.47. The van der Waals surface area contributed by atoms with Gasteiger partial charge in [-0.25, -0.2) is 8.78 Å². The van der Waals surface area contributed by atoms with Crippen molar-refractivity contribution in [1.82, 2.24) is 10.2 Å². The molecule has 1 aliphatic carbocycles. The molecule has 0 aromatic heterocycles. The van der Waals surface area contributed by atoms with E-state index in [4.69, 9.17) is 0 Å². The highest BCUT2D eigenvalue weighted by atomic mass is 19.4. The fourth-order valence-corrected chi connectivity index (χ4v) is 4.12. The summed E-state index contributed by atoms with van der Waals surface area (Å²) in [7, 11) is 0. The van der Waals surface area contributed by atoms with Crippen LogP contribution in [0.2, 0.25) is 0 Å². The number of carbonyl (C=O) groups excluding carboxylic acids is 2. The largest absolute Gasteiger partial charge is 0.391 e. The molecule has 0 spiro atoms. The Morgan fingerprint density at radius 2 is 1.72 bits per heavy atom. The van der Waals surface area contributed by atoms with Gasteiger partial charge in [-0.05, 0) is 44.2 Å². The van der Waals surface area contributed by atoms with E-state index >= 15 is 0 Å². The predicted molar refractivity (Wildman–Crippen MR) is 94.9 cm³/mol. The SMILES string of the molecule is O=C(NC1CCCC(C(F)(F)F)C1)C1CCN(C(=O)c2ccc(F)cc2F)CC1. The number of piperidine rings is 1. The third-order valence-corrected chi connectivity index (χ3v) is 5.80. The number of carbonyl (C=O) groups is 2. The Hall–Kier alpha value is -2.19. The number of likely N-dealkylation sites (tertiary alicyclic amines) is 1. The first-order valence-corrected chi connectivity index (χ1v) is 9.76. The summed E-state index contributed by atoms with van der Waals surface area (Å²) in [5.74, 6) is -4.36. The monoisotopic (exact) mass is 418 g/mol. The van der Waals surface area contributed by atoms with Crippen molar-refractivity contribution in [3.05, 3.63) is 35.4 Å². The third-order valence-electron chi connectivity index (χ3n) is 5.80. The first kappa shape index (κ1) is 21.5. The molecule has 1 aromatic rings. The van der Waals surface area contributed by atoms with Crippen molar-refractivity contribution in [2.75, 3.05) is 13.1 Å². The van der Waals surface area contributed by atoms with Crippen LogP contribution in [0.25, 0.3) is 0 Å². The van der Waals surface area contributed by atoms with E-state index in [9.17, 15) is 31.5 Å². The van der Waals surface area contributed by atoms with E-state index in [2.05, 4.69) is 5.32 Å². The third kappa shape index (κ3) is 5.25. The molecular weight excluding hydrogens is 395 g/mol. The molecule has 1 saturated carbocycles. The van der Waals surface area contributed by atoms with Gasteiger partial charge in [0.2, 0.25) is 5.91 Å². The smallest absolute Gasteiger partial charge is 0.353 e. The Bertz CT molecular complexity index is 760. The van der Waals surface area contributed by atoms with Crippen molar-refractivity contribution in [2.45, 2.75) is 50.7 Å². The fourth-order valence-electron chi connectivity index (χ4n) is 4.12. The number of amides is 2. The Kier molecular flexibility index (Phi) is 6.43. The number of alkyl halides is 3. The zero-order valence-electron chi connectivity index (χ0n) is 15.8. The molecule has 1 aromatic carbocycles. The zero-order chi connectivity index (χ0) is 21.2. The van der Waals surface area contributed by atoms with Gasteiger partial charge in [-0.15, -0.1) is 0 Å². The lowest BCUT2D eigenvalue weighted by molar-refractivity contribution is -0.184. The highest BCUT2D eigenvalue weighted by Crippen LogP contribution is 2.37. The molecule has 4 nitrogen and oxygen atoms in total. The van der Waals surface area contributed by atoms with E-state index in [1.807, 2.05) is 0 Å². The maximum Gasteiger partial charge on any atom is 0.391 e. The topological polar surface area (TPSA) is 49.4 Å². The summed E-state index contributed by atoms with van der Waals surface area (Å²) in [4.78, 5) is 26.3. The van der Waals surface area contributed by atoms with Crippen LogP contribution in [0.4, 0.5) is 22.0 Å². The van der Waals surface area contributed by atoms with Crippen molar-refractivity contribution in [2.24, 2.45) is 11.8 Å². The molecule has 2 fully saturated rings. The highest BCUT2D eigenvalue weighted by molar-refractivity contribution is 5.94. The van der Waals surface area contributed by atoms with E-state index in [1.165, 1.54) is 4.90 Å². The van der Waals surface area contributed by atoms with Gasteiger partial charge in [0.15, 0.2) is 0 Å². The maximum atomic E-state index is 13.8. The van der Waals surface area contributed by atoms with Gasteiger partial charge in [-0.1, -0.05) is 6.42 Å². The van der Waals surface area contributed by atoms with Crippen molar-refractivity contribution < 1.29 is 31.5 Å². The van der Waals surface area contributed by atoms with E-state index in [-0.39, 0.29) is 37.4 Å². The summed E-state index contributed by atoms with van der Waals surface area (Å²) in [6.45, 7) is 0.452. The molecule has 2 aliphatic rings. The highest BCUT2D eigenvalue weighted by Gasteiger charge is 2.42. The molecule has 2 atom stereocenters. The molecule has 0 radical (unpaired) electrons. The number of halogens is 5. The molecule has 1 aliphatic heterocycles. The van der Waals surface area contributed by atoms with Crippen molar-refractivity contribution in [1.29, 1.82) is 0 Å². The Labute approximate surface area is 165 Å². The van der Waals surface area contributed by atoms with Crippen molar-refractivity contribution in [3.8, 4) is 0 Å². The molecule has 160 valence electrons. The van der Waals surface area contributed by atoms with Crippen LogP contribution in [0.1, 0.15) is 48.9 Å². The first-order chi connectivity index (χ1) is 13.6. The molecule has 1 saturated heterocycles. The maximum absolute atomic E-state index is 13.8. The van der Waals surface area contributed by atoms with Crippen LogP contribution in [-0.4, -0.2) is 42.0 Å². The molecular formula is C20H23F5N2O2. The molecule has 9 heteroatoms. The lowest BCUT2D eigenvalue weighted by atomic mass is 9.84. The van der Waals surface area contributed by atoms with Crippen molar-refractivity contribution >= 4 is 11.8 Å². The van der Waals surface area contributed by atoms with E-state index in [0.29, 0.717) is 31.7 Å². The van der Waals surface area contributed by atoms with E-state index in [1.54, 1.807) is 0 Å². The second-order valence-electron chi connectivity index (χ2n) is 7.80. The van der Waals surface area contributed by atoms with Gasteiger partial charge in [-0.2, -0.15) is 13.2 Å². The summed E-state index contributed by atoms with van der Waals surface area (Å²) < 4.78 is 65.6. The van der Waals surface area contributed by atoms with Gasteiger partial charge in [0.25, 0.3) is 5.91 Å². The molecule has 2 amide bonds. The molecule has 3 rings (SSSR count). The van der Waals surface area contributed by atoms with Crippen LogP contribution in [0.5, 0.6) is 0 Å².